The highest BCUT2D eigenvalue weighted by Gasteiger charge is 2.18. The van der Waals surface area contributed by atoms with Crippen LogP contribution in [0.4, 0.5) is 0 Å². The third-order valence-electron chi connectivity index (χ3n) is 3.72. The van der Waals surface area contributed by atoms with Crippen molar-refractivity contribution >= 4 is 24.3 Å². The minimum atomic E-state index is 0. The van der Waals surface area contributed by atoms with E-state index in [1.165, 1.54) is 19.3 Å². The standard InChI is InChI=1S/C16H21NO3.ClH/c1-19-15-10-13(17-11-16(15)20-2)8-9-14(18)12-6-4-3-5-7-12;/h8-12H,3-7H2,1-2H3;1H. The van der Waals surface area contributed by atoms with Gasteiger partial charge >= 0.3 is 0 Å². The molecule has 5 heteroatoms. The third kappa shape index (κ3) is 4.74. The van der Waals surface area contributed by atoms with E-state index in [2.05, 4.69) is 4.98 Å². The van der Waals surface area contributed by atoms with E-state index < -0.39 is 0 Å². The molecule has 4 nitrogen and oxygen atoms in total. The average molecular weight is 312 g/mol. The average Bonchev–Trinajstić information content (AvgIpc) is 2.53. The molecule has 0 unspecified atom stereocenters. The quantitative estimate of drug-likeness (QED) is 0.778. The number of ketones is 1. The summed E-state index contributed by atoms with van der Waals surface area (Å²) in [6.45, 7) is 0. The van der Waals surface area contributed by atoms with Crippen LogP contribution < -0.4 is 9.47 Å². The van der Waals surface area contributed by atoms with E-state index in [9.17, 15) is 4.79 Å². The van der Waals surface area contributed by atoms with Crippen LogP contribution in [0, 0.1) is 5.92 Å². The monoisotopic (exact) mass is 311 g/mol. The Balaban J connectivity index is 0.00000220. The summed E-state index contributed by atoms with van der Waals surface area (Å²) in [5, 5.41) is 0. The van der Waals surface area contributed by atoms with Crippen molar-refractivity contribution < 1.29 is 14.3 Å². The number of carbonyl (C=O) groups excluding carboxylic acids is 1. The number of hydrogen-bond donors (Lipinski definition) is 0. The third-order valence-corrected chi connectivity index (χ3v) is 3.72. The molecular weight excluding hydrogens is 290 g/mol. The fraction of sp³-hybridized carbons (Fsp3) is 0.500. The number of nitrogens with zero attached hydrogens (tertiary/aromatic N) is 1. The van der Waals surface area contributed by atoms with Crippen molar-refractivity contribution in [3.8, 4) is 11.5 Å². The van der Waals surface area contributed by atoms with Gasteiger partial charge in [-0.25, -0.2) is 0 Å². The van der Waals surface area contributed by atoms with Gasteiger partial charge in [-0.3, -0.25) is 9.78 Å². The maximum atomic E-state index is 12.1. The Hall–Kier alpha value is -1.55. The Kier molecular flexibility index (Phi) is 7.23. The van der Waals surface area contributed by atoms with E-state index in [1.54, 1.807) is 38.6 Å². The van der Waals surface area contributed by atoms with Crippen molar-refractivity contribution in [3.05, 3.63) is 24.0 Å². The largest absolute Gasteiger partial charge is 0.493 e. The molecule has 0 atom stereocenters. The highest BCUT2D eigenvalue weighted by Crippen LogP contribution is 2.27. The zero-order valence-corrected chi connectivity index (χ0v) is 13.3. The lowest BCUT2D eigenvalue weighted by molar-refractivity contribution is -0.119. The molecule has 0 radical (unpaired) electrons. The lowest BCUT2D eigenvalue weighted by Crippen LogP contribution is -2.15. The Morgan fingerprint density at radius 2 is 1.86 bits per heavy atom. The Labute approximate surface area is 132 Å². The van der Waals surface area contributed by atoms with E-state index in [1.807, 2.05) is 0 Å². The Morgan fingerprint density at radius 3 is 2.48 bits per heavy atom. The Bertz CT molecular complexity index is 496. The van der Waals surface area contributed by atoms with Gasteiger partial charge < -0.3 is 9.47 Å². The molecule has 0 aromatic carbocycles. The number of allylic oxidation sites excluding steroid dienone is 1. The number of carbonyl (C=O) groups is 1. The van der Waals surface area contributed by atoms with E-state index in [0.717, 1.165) is 12.8 Å². The molecule has 1 aliphatic rings. The molecule has 0 saturated heterocycles. The van der Waals surface area contributed by atoms with E-state index in [0.29, 0.717) is 17.2 Å². The second kappa shape index (κ2) is 8.67. The van der Waals surface area contributed by atoms with E-state index >= 15 is 0 Å². The second-order valence-corrected chi connectivity index (χ2v) is 5.03. The van der Waals surface area contributed by atoms with Gasteiger partial charge in [-0.05, 0) is 25.0 Å². The zero-order valence-electron chi connectivity index (χ0n) is 12.5. The van der Waals surface area contributed by atoms with Crippen LogP contribution >= 0.6 is 12.4 Å². The highest BCUT2D eigenvalue weighted by atomic mass is 35.5. The van der Waals surface area contributed by atoms with Gasteiger partial charge in [0.1, 0.15) is 0 Å². The molecule has 0 aliphatic heterocycles. The van der Waals surface area contributed by atoms with Crippen molar-refractivity contribution in [2.75, 3.05) is 14.2 Å². The van der Waals surface area contributed by atoms with Crippen LogP contribution in [0.2, 0.25) is 0 Å². The predicted molar refractivity (Wildman–Crippen MR) is 85.2 cm³/mol. The lowest BCUT2D eigenvalue weighted by atomic mass is 9.86. The van der Waals surface area contributed by atoms with Crippen molar-refractivity contribution in [2.24, 2.45) is 5.92 Å². The summed E-state index contributed by atoms with van der Waals surface area (Å²) < 4.78 is 10.3. The molecule has 0 spiro atoms. The molecule has 0 N–H and O–H groups in total. The minimum absolute atomic E-state index is 0. The molecule has 1 fully saturated rings. The van der Waals surface area contributed by atoms with Crippen LogP contribution in [0.5, 0.6) is 11.5 Å². The fourth-order valence-electron chi connectivity index (χ4n) is 2.53. The molecule has 0 amide bonds. The second-order valence-electron chi connectivity index (χ2n) is 5.03. The summed E-state index contributed by atoms with van der Waals surface area (Å²) in [5.41, 5.74) is 0.701. The van der Waals surface area contributed by atoms with Gasteiger partial charge in [-0.15, -0.1) is 12.4 Å². The van der Waals surface area contributed by atoms with Crippen molar-refractivity contribution in [3.63, 3.8) is 0 Å². The van der Waals surface area contributed by atoms with Gasteiger partial charge in [0.15, 0.2) is 17.3 Å². The van der Waals surface area contributed by atoms with Gasteiger partial charge in [0.25, 0.3) is 0 Å². The van der Waals surface area contributed by atoms with Gasteiger partial charge in [-0.1, -0.05) is 19.3 Å². The van der Waals surface area contributed by atoms with Crippen LogP contribution in [0.3, 0.4) is 0 Å². The molecule has 1 aliphatic carbocycles. The molecule has 0 bridgehead atoms. The first-order valence-electron chi connectivity index (χ1n) is 7.04. The van der Waals surface area contributed by atoms with E-state index in [4.69, 9.17) is 9.47 Å². The van der Waals surface area contributed by atoms with E-state index in [-0.39, 0.29) is 24.1 Å². The molecule has 1 aromatic heterocycles. The van der Waals surface area contributed by atoms with Crippen molar-refractivity contribution in [1.29, 1.82) is 0 Å². The molecule has 116 valence electrons. The molecule has 21 heavy (non-hydrogen) atoms. The SMILES string of the molecule is COc1cnc(C=CC(=O)C2CCCCC2)cc1OC.Cl. The molecular formula is C16H22ClNO3. The topological polar surface area (TPSA) is 48.4 Å². The maximum Gasteiger partial charge on any atom is 0.179 e. The van der Waals surface area contributed by atoms with Crippen LogP contribution in [0.25, 0.3) is 6.08 Å². The smallest absolute Gasteiger partial charge is 0.179 e. The van der Waals surface area contributed by atoms with Gasteiger partial charge in [0.2, 0.25) is 0 Å². The fourth-order valence-corrected chi connectivity index (χ4v) is 2.53. The molecule has 1 heterocycles. The summed E-state index contributed by atoms with van der Waals surface area (Å²) >= 11 is 0. The summed E-state index contributed by atoms with van der Waals surface area (Å²) in [6, 6.07) is 1.77. The molecule has 2 rings (SSSR count). The van der Waals surface area contributed by atoms with Crippen LogP contribution in [-0.2, 0) is 4.79 Å². The van der Waals surface area contributed by atoms with Crippen molar-refractivity contribution in [2.45, 2.75) is 32.1 Å². The summed E-state index contributed by atoms with van der Waals surface area (Å²) in [5.74, 6) is 1.61. The number of rotatable bonds is 5. The van der Waals surface area contributed by atoms with Crippen LogP contribution in [0.15, 0.2) is 18.3 Å². The number of pyridine rings is 1. The zero-order chi connectivity index (χ0) is 14.4. The summed E-state index contributed by atoms with van der Waals surface area (Å²) in [6.07, 6.45) is 10.6. The van der Waals surface area contributed by atoms with Crippen LogP contribution in [-0.4, -0.2) is 25.0 Å². The van der Waals surface area contributed by atoms with Gasteiger partial charge in [-0.2, -0.15) is 0 Å². The molecule has 1 saturated carbocycles. The first-order chi connectivity index (χ1) is 9.74. The van der Waals surface area contributed by atoms with Gasteiger partial charge in [0, 0.05) is 12.0 Å². The Morgan fingerprint density at radius 1 is 1.19 bits per heavy atom. The maximum absolute atomic E-state index is 12.1. The minimum Gasteiger partial charge on any atom is -0.493 e. The first-order valence-corrected chi connectivity index (χ1v) is 7.04. The summed E-state index contributed by atoms with van der Waals surface area (Å²) in [7, 11) is 3.15. The van der Waals surface area contributed by atoms with Crippen LogP contribution in [0.1, 0.15) is 37.8 Å². The van der Waals surface area contributed by atoms with Gasteiger partial charge in [0.05, 0.1) is 26.1 Å². The predicted octanol–water partition coefficient (Wildman–Crippen LogP) is 3.68. The number of halogens is 1. The number of hydrogen-bond acceptors (Lipinski definition) is 4. The summed E-state index contributed by atoms with van der Waals surface area (Å²) in [4.78, 5) is 16.3. The number of methoxy groups -OCH3 is 2. The highest BCUT2D eigenvalue weighted by molar-refractivity contribution is 5.95. The number of ether oxygens (including phenoxy) is 2. The number of aromatic nitrogens is 1. The first kappa shape index (κ1) is 17.5. The normalized spacial score (nSPS) is 15.5. The lowest BCUT2D eigenvalue weighted by Gasteiger charge is -2.18. The van der Waals surface area contributed by atoms with Crippen molar-refractivity contribution in [1.82, 2.24) is 4.98 Å². The molecule has 1 aromatic rings.